The Morgan fingerprint density at radius 3 is 2.50 bits per heavy atom. The van der Waals surface area contributed by atoms with E-state index in [2.05, 4.69) is 10.3 Å². The Hall–Kier alpha value is -0.940. The van der Waals surface area contributed by atoms with Gasteiger partial charge in [0, 0.05) is 10.9 Å². The van der Waals surface area contributed by atoms with Gasteiger partial charge in [0.05, 0.1) is 6.04 Å². The predicted molar refractivity (Wildman–Crippen MR) is 87.7 cm³/mol. The summed E-state index contributed by atoms with van der Waals surface area (Å²) >= 11 is 1.51. The van der Waals surface area contributed by atoms with Crippen molar-refractivity contribution < 1.29 is 4.79 Å². The summed E-state index contributed by atoms with van der Waals surface area (Å²) in [5.41, 5.74) is 6.62. The summed E-state index contributed by atoms with van der Waals surface area (Å²) in [6.07, 6.45) is 8.55. The van der Waals surface area contributed by atoms with Gasteiger partial charge in [-0.2, -0.15) is 0 Å². The molecule has 0 spiro atoms. The highest BCUT2D eigenvalue weighted by atomic mass is 32.1. The number of hydrogen-bond donors (Lipinski definition) is 2. The van der Waals surface area contributed by atoms with E-state index in [0.717, 1.165) is 29.2 Å². The van der Waals surface area contributed by atoms with E-state index in [1.807, 2.05) is 12.3 Å². The molecule has 4 aliphatic rings. The van der Waals surface area contributed by atoms with Crippen molar-refractivity contribution in [2.45, 2.75) is 63.5 Å². The molecule has 4 bridgehead atoms. The summed E-state index contributed by atoms with van der Waals surface area (Å²) in [5, 5.41) is 6.11. The highest BCUT2D eigenvalue weighted by Gasteiger charge is 2.51. The molecule has 0 aromatic carbocycles. The number of hydrogen-bond acceptors (Lipinski definition) is 4. The fourth-order valence-electron chi connectivity index (χ4n) is 5.31. The molecule has 120 valence electrons. The summed E-state index contributed by atoms with van der Waals surface area (Å²) in [7, 11) is 0. The van der Waals surface area contributed by atoms with Gasteiger partial charge < -0.3 is 11.1 Å². The lowest BCUT2D eigenvalue weighted by Gasteiger charge is -2.56. The Labute approximate surface area is 135 Å². The van der Waals surface area contributed by atoms with Gasteiger partial charge in [0.15, 0.2) is 0 Å². The molecule has 4 aliphatic carbocycles. The Balaban J connectivity index is 1.49. The van der Waals surface area contributed by atoms with E-state index in [4.69, 9.17) is 5.73 Å². The van der Waals surface area contributed by atoms with Crippen molar-refractivity contribution in [1.29, 1.82) is 0 Å². The summed E-state index contributed by atoms with van der Waals surface area (Å²) in [4.78, 5) is 17.1. The van der Waals surface area contributed by atoms with Gasteiger partial charge in [0.25, 0.3) is 5.91 Å². The molecular weight excluding hydrogens is 294 g/mol. The van der Waals surface area contributed by atoms with Gasteiger partial charge in [-0.1, -0.05) is 6.92 Å². The lowest BCUT2D eigenvalue weighted by molar-refractivity contribution is -0.0167. The maximum absolute atomic E-state index is 12.6. The van der Waals surface area contributed by atoms with Crippen molar-refractivity contribution in [3.63, 3.8) is 0 Å². The van der Waals surface area contributed by atoms with E-state index in [1.54, 1.807) is 0 Å². The van der Waals surface area contributed by atoms with Crippen LogP contribution in [-0.2, 0) is 0 Å². The standard InChI is InChI=1S/C17H25N3OS/c1-2-13(18)16-19-14(9-22-16)15(21)20-17-6-10-3-11(7-17)5-12(4-10)8-17/h9-13H,2-8,18H2,1H3,(H,20,21). The molecule has 0 saturated heterocycles. The van der Waals surface area contributed by atoms with E-state index in [9.17, 15) is 4.79 Å². The number of aromatic nitrogens is 1. The summed E-state index contributed by atoms with van der Waals surface area (Å²) in [6.45, 7) is 2.04. The van der Waals surface area contributed by atoms with Gasteiger partial charge in [0.2, 0.25) is 0 Å². The van der Waals surface area contributed by atoms with E-state index < -0.39 is 0 Å². The Morgan fingerprint density at radius 2 is 1.95 bits per heavy atom. The van der Waals surface area contributed by atoms with E-state index in [0.29, 0.717) is 5.69 Å². The second-order valence-corrected chi connectivity index (χ2v) is 8.63. The van der Waals surface area contributed by atoms with Crippen LogP contribution < -0.4 is 11.1 Å². The molecular formula is C17H25N3OS. The molecule has 3 N–H and O–H groups in total. The average Bonchev–Trinajstić information content (AvgIpc) is 2.94. The summed E-state index contributed by atoms with van der Waals surface area (Å²) < 4.78 is 0. The maximum Gasteiger partial charge on any atom is 0.271 e. The highest BCUT2D eigenvalue weighted by molar-refractivity contribution is 7.09. The van der Waals surface area contributed by atoms with Crippen LogP contribution in [0.3, 0.4) is 0 Å². The molecule has 4 saturated carbocycles. The molecule has 5 heteroatoms. The molecule has 1 amide bonds. The molecule has 0 aliphatic heterocycles. The number of carbonyl (C=O) groups is 1. The van der Waals surface area contributed by atoms with Gasteiger partial charge in [0.1, 0.15) is 10.7 Å². The number of carbonyl (C=O) groups excluding carboxylic acids is 1. The first-order valence-electron chi connectivity index (χ1n) is 8.60. The first-order valence-corrected chi connectivity index (χ1v) is 9.48. The fraction of sp³-hybridized carbons (Fsp3) is 0.765. The molecule has 22 heavy (non-hydrogen) atoms. The quantitative estimate of drug-likeness (QED) is 0.895. The first-order chi connectivity index (χ1) is 10.6. The van der Waals surface area contributed by atoms with Crippen LogP contribution in [0.2, 0.25) is 0 Å². The van der Waals surface area contributed by atoms with Crippen LogP contribution in [0.1, 0.15) is 73.4 Å². The Morgan fingerprint density at radius 1 is 1.36 bits per heavy atom. The number of nitrogens with zero attached hydrogens (tertiary/aromatic N) is 1. The molecule has 4 nitrogen and oxygen atoms in total. The molecule has 1 aromatic rings. The lowest BCUT2D eigenvalue weighted by atomic mass is 9.53. The first kappa shape index (κ1) is 14.6. The maximum atomic E-state index is 12.6. The third-order valence-electron chi connectivity index (χ3n) is 5.93. The number of nitrogens with two attached hydrogens (primary N) is 1. The normalized spacial score (nSPS) is 37.3. The van der Waals surface area contributed by atoms with Crippen LogP contribution in [0.15, 0.2) is 5.38 Å². The minimum absolute atomic E-state index is 0.00718. The van der Waals surface area contributed by atoms with E-state index >= 15 is 0 Å². The Kier molecular flexibility index (Phi) is 3.53. The number of thiazole rings is 1. The van der Waals surface area contributed by atoms with Crippen molar-refractivity contribution >= 4 is 17.2 Å². The van der Waals surface area contributed by atoms with Crippen LogP contribution in [0.25, 0.3) is 0 Å². The largest absolute Gasteiger partial charge is 0.345 e. The minimum atomic E-state index is -0.0499. The van der Waals surface area contributed by atoms with Crippen LogP contribution in [0.4, 0.5) is 0 Å². The van der Waals surface area contributed by atoms with Crippen LogP contribution >= 0.6 is 11.3 Å². The second kappa shape index (κ2) is 5.31. The van der Waals surface area contributed by atoms with Gasteiger partial charge in [-0.25, -0.2) is 4.98 Å². The number of amides is 1. The fourth-order valence-corrected chi connectivity index (χ4v) is 6.19. The third-order valence-corrected chi connectivity index (χ3v) is 6.91. The zero-order valence-corrected chi connectivity index (χ0v) is 14.0. The summed E-state index contributed by atoms with van der Waals surface area (Å²) in [5.74, 6) is 2.52. The smallest absolute Gasteiger partial charge is 0.271 e. The molecule has 5 rings (SSSR count). The van der Waals surface area contributed by atoms with Crippen LogP contribution in [-0.4, -0.2) is 16.4 Å². The average molecular weight is 319 g/mol. The number of rotatable bonds is 4. The lowest BCUT2D eigenvalue weighted by Crippen LogP contribution is -2.59. The third kappa shape index (κ3) is 2.48. The zero-order valence-electron chi connectivity index (χ0n) is 13.2. The highest BCUT2D eigenvalue weighted by Crippen LogP contribution is 2.55. The molecule has 1 aromatic heterocycles. The van der Waals surface area contributed by atoms with Crippen molar-refractivity contribution in [3.05, 3.63) is 16.1 Å². The van der Waals surface area contributed by atoms with Crippen molar-refractivity contribution in [3.8, 4) is 0 Å². The van der Waals surface area contributed by atoms with Crippen LogP contribution in [0, 0.1) is 17.8 Å². The van der Waals surface area contributed by atoms with Gasteiger partial charge in [-0.05, 0) is 62.7 Å². The van der Waals surface area contributed by atoms with Crippen molar-refractivity contribution in [2.24, 2.45) is 23.5 Å². The van der Waals surface area contributed by atoms with Gasteiger partial charge in [-0.15, -0.1) is 11.3 Å². The van der Waals surface area contributed by atoms with E-state index in [1.165, 1.54) is 49.9 Å². The van der Waals surface area contributed by atoms with Crippen molar-refractivity contribution in [1.82, 2.24) is 10.3 Å². The van der Waals surface area contributed by atoms with Gasteiger partial charge >= 0.3 is 0 Å². The second-order valence-electron chi connectivity index (χ2n) is 7.74. The zero-order chi connectivity index (χ0) is 15.3. The molecule has 4 fully saturated rings. The predicted octanol–water partition coefficient (Wildman–Crippen LogP) is 3.25. The monoisotopic (exact) mass is 319 g/mol. The Bertz CT molecular complexity index is 547. The van der Waals surface area contributed by atoms with Crippen LogP contribution in [0.5, 0.6) is 0 Å². The topological polar surface area (TPSA) is 68.0 Å². The van der Waals surface area contributed by atoms with Gasteiger partial charge in [-0.3, -0.25) is 4.79 Å². The molecule has 1 unspecified atom stereocenters. The van der Waals surface area contributed by atoms with Crippen molar-refractivity contribution in [2.75, 3.05) is 0 Å². The summed E-state index contributed by atoms with van der Waals surface area (Å²) in [6, 6.07) is -0.0499. The molecule has 1 atom stereocenters. The molecule has 0 radical (unpaired) electrons. The SMILES string of the molecule is CCC(N)c1nc(C(=O)NC23CC4CC(CC(C4)C2)C3)cs1. The number of nitrogens with one attached hydrogen (secondary N) is 1. The minimum Gasteiger partial charge on any atom is -0.345 e. The molecule has 1 heterocycles. The van der Waals surface area contributed by atoms with E-state index in [-0.39, 0.29) is 17.5 Å².